The van der Waals surface area contributed by atoms with E-state index >= 15 is 0 Å². The second-order valence-corrected chi connectivity index (χ2v) is 3.41. The van der Waals surface area contributed by atoms with Crippen LogP contribution in [0.4, 0.5) is 0 Å². The van der Waals surface area contributed by atoms with Gasteiger partial charge in [0.25, 0.3) is 5.56 Å². The highest BCUT2D eigenvalue weighted by Crippen LogP contribution is 1.98. The van der Waals surface area contributed by atoms with Gasteiger partial charge in [-0.1, -0.05) is 0 Å². The van der Waals surface area contributed by atoms with E-state index in [1.54, 1.807) is 12.4 Å². The first-order valence-corrected chi connectivity index (χ1v) is 4.94. The Bertz CT molecular complexity index is 572. The molecular formula is C11H11N3O2. The molecule has 0 aliphatic rings. The van der Waals surface area contributed by atoms with Crippen molar-refractivity contribution in [1.29, 1.82) is 0 Å². The van der Waals surface area contributed by atoms with E-state index in [0.29, 0.717) is 6.54 Å². The summed E-state index contributed by atoms with van der Waals surface area (Å²) in [6.45, 7) is 0.541. The van der Waals surface area contributed by atoms with Crippen LogP contribution in [-0.2, 0) is 13.0 Å². The summed E-state index contributed by atoms with van der Waals surface area (Å²) in [6.07, 6.45) is 5.66. The van der Waals surface area contributed by atoms with Crippen molar-refractivity contribution in [2.75, 3.05) is 0 Å². The van der Waals surface area contributed by atoms with E-state index in [1.165, 1.54) is 16.8 Å². The van der Waals surface area contributed by atoms with Crippen molar-refractivity contribution in [2.24, 2.45) is 0 Å². The average molecular weight is 217 g/mol. The highest BCUT2D eigenvalue weighted by Gasteiger charge is 1.97. The van der Waals surface area contributed by atoms with Gasteiger partial charge in [-0.05, 0) is 24.1 Å². The molecule has 0 aliphatic carbocycles. The van der Waals surface area contributed by atoms with Crippen LogP contribution in [0.25, 0.3) is 0 Å². The maximum Gasteiger partial charge on any atom is 0.328 e. The summed E-state index contributed by atoms with van der Waals surface area (Å²) in [5.41, 5.74) is 0.361. The molecule has 5 nitrogen and oxygen atoms in total. The molecule has 0 saturated heterocycles. The molecule has 16 heavy (non-hydrogen) atoms. The third-order valence-electron chi connectivity index (χ3n) is 2.29. The number of H-pyrrole nitrogens is 1. The summed E-state index contributed by atoms with van der Waals surface area (Å²) in [4.78, 5) is 28.3. The van der Waals surface area contributed by atoms with Gasteiger partial charge >= 0.3 is 5.69 Å². The fourth-order valence-corrected chi connectivity index (χ4v) is 1.42. The third-order valence-corrected chi connectivity index (χ3v) is 2.29. The lowest BCUT2D eigenvalue weighted by atomic mass is 10.2. The lowest BCUT2D eigenvalue weighted by Gasteiger charge is -2.03. The molecule has 0 aromatic carbocycles. The number of aromatic amines is 1. The summed E-state index contributed by atoms with van der Waals surface area (Å²) in [6, 6.07) is 5.14. The van der Waals surface area contributed by atoms with Crippen LogP contribution in [0.3, 0.4) is 0 Å². The highest BCUT2D eigenvalue weighted by molar-refractivity contribution is 5.09. The Morgan fingerprint density at radius 3 is 2.62 bits per heavy atom. The molecule has 0 saturated carbocycles. The maximum absolute atomic E-state index is 11.4. The first kappa shape index (κ1) is 10.4. The largest absolute Gasteiger partial charge is 0.328 e. The van der Waals surface area contributed by atoms with Crippen LogP contribution < -0.4 is 11.2 Å². The molecule has 2 aromatic heterocycles. The zero-order chi connectivity index (χ0) is 11.4. The number of aromatic nitrogens is 3. The number of nitrogens with one attached hydrogen (secondary N) is 1. The van der Waals surface area contributed by atoms with Gasteiger partial charge in [-0.15, -0.1) is 0 Å². The van der Waals surface area contributed by atoms with Crippen LogP contribution in [0.5, 0.6) is 0 Å². The van der Waals surface area contributed by atoms with Crippen molar-refractivity contribution in [3.8, 4) is 0 Å². The number of nitrogens with zero attached hydrogens (tertiary/aromatic N) is 2. The molecule has 0 spiro atoms. The fourth-order valence-electron chi connectivity index (χ4n) is 1.42. The highest BCUT2D eigenvalue weighted by atomic mass is 16.2. The van der Waals surface area contributed by atoms with E-state index in [-0.39, 0.29) is 11.2 Å². The summed E-state index contributed by atoms with van der Waals surface area (Å²) in [5.74, 6) is 0. The van der Waals surface area contributed by atoms with Crippen molar-refractivity contribution in [1.82, 2.24) is 14.5 Å². The number of rotatable bonds is 3. The fraction of sp³-hybridized carbons (Fsp3) is 0.182. The first-order valence-electron chi connectivity index (χ1n) is 4.94. The maximum atomic E-state index is 11.4. The van der Waals surface area contributed by atoms with Gasteiger partial charge in [0.05, 0.1) is 0 Å². The Kier molecular flexibility index (Phi) is 2.95. The lowest BCUT2D eigenvalue weighted by molar-refractivity contribution is 0.645. The SMILES string of the molecule is O=c1ccn(CCc2ccncc2)c(=O)[nH]1. The van der Waals surface area contributed by atoms with Crippen LogP contribution in [-0.4, -0.2) is 14.5 Å². The van der Waals surface area contributed by atoms with Gasteiger partial charge in [-0.25, -0.2) is 4.79 Å². The van der Waals surface area contributed by atoms with E-state index in [4.69, 9.17) is 0 Å². The van der Waals surface area contributed by atoms with Crippen molar-refractivity contribution < 1.29 is 0 Å². The van der Waals surface area contributed by atoms with Crippen molar-refractivity contribution >= 4 is 0 Å². The molecule has 1 N–H and O–H groups in total. The Hall–Kier alpha value is -2.17. The van der Waals surface area contributed by atoms with Gasteiger partial charge in [-0.2, -0.15) is 0 Å². The Morgan fingerprint density at radius 1 is 1.19 bits per heavy atom. The molecule has 5 heteroatoms. The van der Waals surface area contributed by atoms with Gasteiger partial charge in [0.15, 0.2) is 0 Å². The molecule has 0 amide bonds. The van der Waals surface area contributed by atoms with E-state index in [2.05, 4.69) is 9.97 Å². The molecule has 0 bridgehead atoms. The Morgan fingerprint density at radius 2 is 1.94 bits per heavy atom. The summed E-state index contributed by atoms with van der Waals surface area (Å²) < 4.78 is 1.47. The molecule has 0 atom stereocenters. The van der Waals surface area contributed by atoms with E-state index in [1.807, 2.05) is 12.1 Å². The van der Waals surface area contributed by atoms with Gasteiger partial charge in [0.2, 0.25) is 0 Å². The minimum absolute atomic E-state index is 0.370. The van der Waals surface area contributed by atoms with Gasteiger partial charge < -0.3 is 4.57 Å². The van der Waals surface area contributed by atoms with E-state index in [0.717, 1.165) is 12.0 Å². The van der Waals surface area contributed by atoms with Gasteiger partial charge in [0, 0.05) is 31.2 Å². The second kappa shape index (κ2) is 4.57. The van der Waals surface area contributed by atoms with Crippen LogP contribution in [0.1, 0.15) is 5.56 Å². The van der Waals surface area contributed by atoms with Crippen LogP contribution in [0.15, 0.2) is 46.4 Å². The summed E-state index contributed by atoms with van der Waals surface area (Å²) in [7, 11) is 0. The average Bonchev–Trinajstić information content (AvgIpc) is 2.29. The van der Waals surface area contributed by atoms with Crippen molar-refractivity contribution in [2.45, 2.75) is 13.0 Å². The summed E-state index contributed by atoms with van der Waals surface area (Å²) in [5, 5.41) is 0. The van der Waals surface area contributed by atoms with Crippen LogP contribution in [0.2, 0.25) is 0 Å². The van der Waals surface area contributed by atoms with Crippen LogP contribution in [0, 0.1) is 0 Å². The van der Waals surface area contributed by atoms with Gasteiger partial charge in [0.1, 0.15) is 0 Å². The van der Waals surface area contributed by atoms with Crippen molar-refractivity contribution in [3.63, 3.8) is 0 Å². The normalized spacial score (nSPS) is 10.2. The third kappa shape index (κ3) is 2.44. The predicted molar refractivity (Wildman–Crippen MR) is 59.3 cm³/mol. The summed E-state index contributed by atoms with van der Waals surface area (Å²) >= 11 is 0. The second-order valence-electron chi connectivity index (χ2n) is 3.41. The minimum atomic E-state index is -0.374. The molecule has 0 fully saturated rings. The number of pyridine rings is 1. The molecule has 82 valence electrons. The monoisotopic (exact) mass is 217 g/mol. The van der Waals surface area contributed by atoms with Crippen LogP contribution >= 0.6 is 0 Å². The molecule has 0 unspecified atom stereocenters. The molecule has 0 radical (unpaired) electrons. The van der Waals surface area contributed by atoms with Gasteiger partial charge in [-0.3, -0.25) is 14.8 Å². The smallest absolute Gasteiger partial charge is 0.300 e. The number of aryl methyl sites for hydroxylation is 2. The lowest BCUT2D eigenvalue weighted by Crippen LogP contribution is -2.29. The van der Waals surface area contributed by atoms with E-state index in [9.17, 15) is 9.59 Å². The Labute approximate surface area is 91.4 Å². The quantitative estimate of drug-likeness (QED) is 0.797. The number of hydrogen-bond donors (Lipinski definition) is 1. The first-order chi connectivity index (χ1) is 7.75. The topological polar surface area (TPSA) is 67.8 Å². The molecule has 0 aliphatic heterocycles. The minimum Gasteiger partial charge on any atom is -0.300 e. The molecule has 2 aromatic rings. The molecular weight excluding hydrogens is 206 g/mol. The Balaban J connectivity index is 2.11. The molecule has 2 rings (SSSR count). The molecule has 2 heterocycles. The van der Waals surface area contributed by atoms with Crippen molar-refractivity contribution in [3.05, 3.63) is 63.2 Å². The van der Waals surface area contributed by atoms with E-state index < -0.39 is 0 Å². The zero-order valence-corrected chi connectivity index (χ0v) is 8.59. The standard InChI is InChI=1S/C11H11N3O2/c15-10-4-8-14(11(16)13-10)7-3-9-1-5-12-6-2-9/h1-2,4-6,8H,3,7H2,(H,13,15,16). The zero-order valence-electron chi connectivity index (χ0n) is 8.59. The number of hydrogen-bond acceptors (Lipinski definition) is 3. The predicted octanol–water partition coefficient (Wildman–Crippen LogP) is 0.174.